The number of likely N-dealkylation sites (N-methyl/N-ethyl adjacent to an activating group) is 1. The van der Waals surface area contributed by atoms with Crippen molar-refractivity contribution < 1.29 is 68.3 Å². The van der Waals surface area contributed by atoms with Crippen LogP contribution in [0, 0.1) is 23.7 Å². The van der Waals surface area contributed by atoms with Crippen molar-refractivity contribution in [3.63, 3.8) is 0 Å². The van der Waals surface area contributed by atoms with Gasteiger partial charge in [0.25, 0.3) is 0 Å². The van der Waals surface area contributed by atoms with Crippen molar-refractivity contribution >= 4 is 11.7 Å². The number of carbonyl (C=O) groups excluding carboxylic acids is 1. The van der Waals surface area contributed by atoms with E-state index in [-0.39, 0.29) is 31.4 Å². The smallest absolute Gasteiger partial charge is 0.311 e. The van der Waals surface area contributed by atoms with Crippen LogP contribution in [-0.4, -0.2) is 160 Å². The molecule has 3 heterocycles. The van der Waals surface area contributed by atoms with E-state index in [1.54, 1.807) is 62.3 Å². The monoisotopic (exact) mass is 821 g/mol. The van der Waals surface area contributed by atoms with Gasteiger partial charge in [0, 0.05) is 58.3 Å². The Hall–Kier alpha value is -1.54. The molecule has 0 bridgehead atoms. The van der Waals surface area contributed by atoms with E-state index in [1.165, 1.54) is 21.1 Å². The molecule has 17 unspecified atom stereocenters. The lowest BCUT2D eigenvalue weighted by molar-refractivity contribution is -0.317. The van der Waals surface area contributed by atoms with Gasteiger partial charge in [-0.3, -0.25) is 4.79 Å². The molecule has 18 atom stereocenters. The maximum atomic E-state index is 14.3. The molecule has 0 aromatic heterocycles. The van der Waals surface area contributed by atoms with E-state index in [9.17, 15) is 30.3 Å². The molecular formula is C41H76N2O14. The Morgan fingerprint density at radius 3 is 2.07 bits per heavy atom. The summed E-state index contributed by atoms with van der Waals surface area (Å²) in [5.41, 5.74) is -4.48. The molecule has 3 aliphatic heterocycles. The molecule has 0 radical (unpaired) electrons. The van der Waals surface area contributed by atoms with Crippen molar-refractivity contribution in [3.05, 3.63) is 0 Å². The molecule has 0 saturated carbocycles. The fourth-order valence-corrected chi connectivity index (χ4v) is 8.79. The molecule has 3 rings (SSSR count). The lowest BCUT2D eigenvalue weighted by Gasteiger charge is -2.49. The molecule has 334 valence electrons. The molecule has 0 spiro atoms. The van der Waals surface area contributed by atoms with Crippen LogP contribution in [0.1, 0.15) is 109 Å². The summed E-state index contributed by atoms with van der Waals surface area (Å²) in [6.45, 7) is 20.3. The van der Waals surface area contributed by atoms with Crippen LogP contribution in [0.25, 0.3) is 0 Å². The minimum Gasteiger partial charge on any atom is -0.459 e. The van der Waals surface area contributed by atoms with Crippen molar-refractivity contribution in [2.45, 2.75) is 199 Å². The Balaban J connectivity index is 2.27. The molecular weight excluding hydrogens is 744 g/mol. The van der Waals surface area contributed by atoms with E-state index in [1.807, 2.05) is 32.8 Å². The highest BCUT2D eigenvalue weighted by Gasteiger charge is 2.53. The first-order valence-corrected chi connectivity index (χ1v) is 20.5. The molecule has 0 amide bonds. The first-order valence-electron chi connectivity index (χ1n) is 20.5. The number of hydrogen-bond donors (Lipinski definition) is 5. The third-order valence-electron chi connectivity index (χ3n) is 12.7. The average molecular weight is 821 g/mol. The summed E-state index contributed by atoms with van der Waals surface area (Å²) in [5, 5.41) is 63.7. The van der Waals surface area contributed by atoms with Crippen molar-refractivity contribution in [1.82, 2.24) is 4.90 Å². The third kappa shape index (κ3) is 11.4. The van der Waals surface area contributed by atoms with Gasteiger partial charge in [0.05, 0.1) is 53.4 Å². The molecule has 3 aliphatic rings. The van der Waals surface area contributed by atoms with Gasteiger partial charge in [-0.2, -0.15) is 0 Å². The minimum atomic E-state index is -1.96. The highest BCUT2D eigenvalue weighted by atomic mass is 16.8. The van der Waals surface area contributed by atoms with E-state index in [2.05, 4.69) is 5.16 Å². The first kappa shape index (κ1) is 49.8. The van der Waals surface area contributed by atoms with Gasteiger partial charge in [0.15, 0.2) is 12.6 Å². The van der Waals surface area contributed by atoms with E-state index < -0.39 is 108 Å². The van der Waals surface area contributed by atoms with Crippen LogP contribution in [0.5, 0.6) is 0 Å². The van der Waals surface area contributed by atoms with Crippen LogP contribution in [0.2, 0.25) is 0 Å². The summed E-state index contributed by atoms with van der Waals surface area (Å²) in [6.07, 6.45) is -9.46. The second-order valence-electron chi connectivity index (χ2n) is 18.3. The Labute approximate surface area is 340 Å². The van der Waals surface area contributed by atoms with Gasteiger partial charge >= 0.3 is 5.97 Å². The lowest BCUT2D eigenvalue weighted by atomic mass is 9.73. The number of ether oxygens (including phenoxy) is 7. The number of esters is 1. The molecule has 57 heavy (non-hydrogen) atoms. The van der Waals surface area contributed by atoms with Crippen molar-refractivity contribution in [2.75, 3.05) is 28.3 Å². The normalized spacial score (nSPS) is 46.7. The molecule has 0 aromatic carbocycles. The molecule has 5 N–H and O–H groups in total. The first-order chi connectivity index (χ1) is 26.2. The zero-order valence-corrected chi connectivity index (χ0v) is 37.3. The van der Waals surface area contributed by atoms with Crippen LogP contribution >= 0.6 is 0 Å². The second-order valence-corrected chi connectivity index (χ2v) is 18.3. The Morgan fingerprint density at radius 2 is 1.53 bits per heavy atom. The number of rotatable bonds is 10. The summed E-state index contributed by atoms with van der Waals surface area (Å²) < 4.78 is 43.1. The van der Waals surface area contributed by atoms with Gasteiger partial charge in [-0.25, -0.2) is 0 Å². The quantitative estimate of drug-likeness (QED) is 0.122. The number of aliphatic hydroxyl groups is 5. The largest absolute Gasteiger partial charge is 0.459 e. The van der Waals surface area contributed by atoms with Gasteiger partial charge in [-0.05, 0) is 74.9 Å². The van der Waals surface area contributed by atoms with Gasteiger partial charge in [0.1, 0.15) is 23.9 Å². The van der Waals surface area contributed by atoms with Crippen LogP contribution in [0.3, 0.4) is 0 Å². The van der Waals surface area contributed by atoms with Crippen molar-refractivity contribution in [2.24, 2.45) is 28.8 Å². The highest BCUT2D eigenvalue weighted by molar-refractivity contribution is 5.88. The molecule has 3 fully saturated rings. The number of nitrogens with zero attached hydrogens (tertiary/aromatic N) is 2. The molecule has 16 heteroatoms. The topological polar surface area (TPSA) is 208 Å². The average Bonchev–Trinajstić information content (AvgIpc) is 3.13. The third-order valence-corrected chi connectivity index (χ3v) is 12.7. The van der Waals surface area contributed by atoms with Crippen LogP contribution in [0.4, 0.5) is 0 Å². The fraction of sp³-hybridized carbons (Fsp3) is 0.951. The van der Waals surface area contributed by atoms with E-state index in [4.69, 9.17) is 38.0 Å². The van der Waals surface area contributed by atoms with E-state index in [0.717, 1.165) is 0 Å². The summed E-state index contributed by atoms with van der Waals surface area (Å²) in [4.78, 5) is 22.1. The maximum Gasteiger partial charge on any atom is 0.311 e. The fourth-order valence-electron chi connectivity index (χ4n) is 8.79. The standard InChI is InChI=1S/C41H76N2O14/c1-17-28-41(12,49)33(45)23(4)30(42-57-38(8,9)50-15)21(2)19-39(10,48)35(56-37-31(44)27(43(13)14)18-22(3)52-37)24(5)32(25(6)36(47)54-28)55-29-20-40(11,51-16)34(46)26(7)53-29/h21-29,31-35,37,44-46,48-49H,17-20H2,1-16H3/b42-30-/t21?,22?,23?,24?,25?,26?,27?,28-,29?,31?,32?,33?,34?,35?,37?,39?,40?,41?/m1/s1. The van der Waals surface area contributed by atoms with E-state index in [0.29, 0.717) is 12.1 Å². The van der Waals surface area contributed by atoms with Gasteiger partial charge in [-0.15, -0.1) is 0 Å². The number of oxime groups is 1. The summed E-state index contributed by atoms with van der Waals surface area (Å²) in [5.74, 6) is -5.29. The minimum absolute atomic E-state index is 0.0278. The number of methoxy groups -OCH3 is 2. The summed E-state index contributed by atoms with van der Waals surface area (Å²) in [7, 11) is 6.69. The number of carbonyl (C=O) groups is 1. The highest BCUT2D eigenvalue weighted by Crippen LogP contribution is 2.41. The van der Waals surface area contributed by atoms with Crippen LogP contribution in [0.15, 0.2) is 5.16 Å². The van der Waals surface area contributed by atoms with Gasteiger partial charge in [-0.1, -0.05) is 32.9 Å². The Kier molecular flexibility index (Phi) is 17.0. The SMILES string of the molecule is CC[C@H]1OC(=O)C(C)C(OC2CC(C)(OC)C(O)C(C)O2)C(C)C(OC2OC(C)CC(N(C)C)C2O)C(C)(O)CC(C)/C(=N/OC(C)(C)OC)C(C)C(O)C1(C)O. The van der Waals surface area contributed by atoms with Crippen molar-refractivity contribution in [1.29, 1.82) is 0 Å². The van der Waals surface area contributed by atoms with Gasteiger partial charge < -0.3 is 68.4 Å². The van der Waals surface area contributed by atoms with E-state index >= 15 is 0 Å². The second kappa shape index (κ2) is 19.4. The van der Waals surface area contributed by atoms with Crippen LogP contribution < -0.4 is 0 Å². The van der Waals surface area contributed by atoms with Gasteiger partial charge in [0.2, 0.25) is 5.79 Å². The van der Waals surface area contributed by atoms with Crippen molar-refractivity contribution in [3.8, 4) is 0 Å². The maximum absolute atomic E-state index is 14.3. The summed E-state index contributed by atoms with van der Waals surface area (Å²) >= 11 is 0. The summed E-state index contributed by atoms with van der Waals surface area (Å²) in [6, 6.07) is -0.325. The number of aliphatic hydroxyl groups excluding tert-OH is 3. The molecule has 3 saturated heterocycles. The molecule has 16 nitrogen and oxygen atoms in total. The lowest BCUT2D eigenvalue weighted by Crippen LogP contribution is -2.61. The number of hydrogen-bond acceptors (Lipinski definition) is 16. The predicted molar refractivity (Wildman–Crippen MR) is 211 cm³/mol. The zero-order chi connectivity index (χ0) is 43.6. The molecule has 0 aliphatic carbocycles. The molecule has 0 aromatic rings. The predicted octanol–water partition coefficient (Wildman–Crippen LogP) is 2.97. The van der Waals surface area contributed by atoms with Crippen LogP contribution in [-0.2, 0) is 42.8 Å². The number of cyclic esters (lactones) is 1. The Bertz CT molecular complexity index is 1330. The zero-order valence-electron chi connectivity index (χ0n) is 37.3. The Morgan fingerprint density at radius 1 is 0.912 bits per heavy atom.